The van der Waals surface area contributed by atoms with Crippen molar-refractivity contribution in [1.29, 1.82) is 0 Å². The van der Waals surface area contributed by atoms with Crippen LogP contribution < -0.4 is 4.90 Å². The van der Waals surface area contributed by atoms with Crippen LogP contribution in [-0.4, -0.2) is 0 Å². The molecule has 1 aliphatic carbocycles. The number of para-hydroxylation sites is 1. The van der Waals surface area contributed by atoms with E-state index < -0.39 is 0 Å². The van der Waals surface area contributed by atoms with Crippen LogP contribution >= 0.6 is 11.3 Å². The summed E-state index contributed by atoms with van der Waals surface area (Å²) in [5.74, 6) is 0.610. The predicted octanol–water partition coefficient (Wildman–Crippen LogP) is 9.24. The number of hydrogen-bond donors (Lipinski definition) is 0. The van der Waals surface area contributed by atoms with Gasteiger partial charge in [0.25, 0.3) is 0 Å². The van der Waals surface area contributed by atoms with Gasteiger partial charge in [0, 0.05) is 26.6 Å². The normalized spacial score (nSPS) is 14.9. The first kappa shape index (κ1) is 20.0. The van der Waals surface area contributed by atoms with Gasteiger partial charge in [-0.2, -0.15) is 0 Å². The average molecular weight is 444 g/mol. The maximum atomic E-state index is 2.36. The second-order valence-electron chi connectivity index (χ2n) is 8.75. The van der Waals surface area contributed by atoms with E-state index >= 15 is 0 Å². The van der Waals surface area contributed by atoms with E-state index in [1.807, 2.05) is 11.3 Å². The van der Waals surface area contributed by atoms with Crippen LogP contribution in [0.5, 0.6) is 0 Å². The van der Waals surface area contributed by atoms with Gasteiger partial charge < -0.3 is 4.90 Å². The van der Waals surface area contributed by atoms with Crippen molar-refractivity contribution in [3.8, 4) is 11.1 Å². The van der Waals surface area contributed by atoms with Crippen molar-refractivity contribution < 1.29 is 0 Å². The van der Waals surface area contributed by atoms with E-state index in [0.717, 1.165) is 12.1 Å². The van der Waals surface area contributed by atoms with Gasteiger partial charge in [0.05, 0.1) is 0 Å². The van der Waals surface area contributed by atoms with Crippen LogP contribution in [0, 0.1) is 5.92 Å². The fraction of sp³-hybridized carbons (Fsp3) is 0.0968. The zero-order valence-electron chi connectivity index (χ0n) is 18.6. The minimum Gasteiger partial charge on any atom is -0.310 e. The zero-order chi connectivity index (χ0) is 22.2. The molecule has 0 radical (unpaired) electrons. The van der Waals surface area contributed by atoms with E-state index in [1.165, 1.54) is 43.0 Å². The molecule has 0 saturated carbocycles. The maximum Gasteiger partial charge on any atom is 0.0476 e. The summed E-state index contributed by atoms with van der Waals surface area (Å²) in [5, 5.41) is 1.40. The second kappa shape index (κ2) is 8.38. The molecule has 0 fully saturated rings. The summed E-state index contributed by atoms with van der Waals surface area (Å²) in [6.45, 7) is 2.30. The summed E-state index contributed by atoms with van der Waals surface area (Å²) in [5.41, 5.74) is 7.50. The molecule has 2 heteroatoms. The molecule has 1 heterocycles. The zero-order valence-corrected chi connectivity index (χ0v) is 19.4. The van der Waals surface area contributed by atoms with Crippen LogP contribution in [0.25, 0.3) is 27.3 Å². The lowest BCUT2D eigenvalue weighted by molar-refractivity contribution is 0.724. The molecule has 0 aliphatic heterocycles. The van der Waals surface area contributed by atoms with Crippen LogP contribution in [0.15, 0.2) is 109 Å². The molecule has 4 aromatic carbocycles. The van der Waals surface area contributed by atoms with Crippen LogP contribution in [0.3, 0.4) is 0 Å². The summed E-state index contributed by atoms with van der Waals surface area (Å²) in [6, 6.07) is 37.0. The van der Waals surface area contributed by atoms with Crippen molar-refractivity contribution in [3.05, 3.63) is 120 Å². The van der Waals surface area contributed by atoms with Crippen LogP contribution in [0.1, 0.15) is 17.4 Å². The highest BCUT2D eigenvalue weighted by atomic mass is 32.1. The second-order valence-corrected chi connectivity index (χ2v) is 9.83. The minimum atomic E-state index is 0.610. The molecule has 1 aliphatic rings. The Morgan fingerprint density at radius 1 is 0.697 bits per heavy atom. The highest BCUT2D eigenvalue weighted by molar-refractivity contribution is 7.20. The Hall–Kier alpha value is -3.62. The Kier molecular flexibility index (Phi) is 5.09. The monoisotopic (exact) mass is 443 g/mol. The third kappa shape index (κ3) is 3.77. The summed E-state index contributed by atoms with van der Waals surface area (Å²) in [4.78, 5) is 3.77. The van der Waals surface area contributed by atoms with Crippen LogP contribution in [0.4, 0.5) is 17.1 Å². The topological polar surface area (TPSA) is 3.24 Å². The first-order chi connectivity index (χ1) is 16.3. The number of nitrogens with zero attached hydrogens (tertiary/aromatic N) is 1. The van der Waals surface area contributed by atoms with Crippen LogP contribution in [-0.2, 0) is 6.42 Å². The molecule has 1 unspecified atom stereocenters. The molecule has 5 aromatic rings. The third-order valence-corrected chi connectivity index (χ3v) is 7.58. The first-order valence-electron chi connectivity index (χ1n) is 11.5. The van der Waals surface area contributed by atoms with Crippen molar-refractivity contribution in [2.75, 3.05) is 4.90 Å². The molecular formula is C31H25NS. The molecule has 0 saturated heterocycles. The molecule has 160 valence electrons. The predicted molar refractivity (Wildman–Crippen MR) is 144 cm³/mol. The smallest absolute Gasteiger partial charge is 0.0476 e. The van der Waals surface area contributed by atoms with Crippen molar-refractivity contribution in [2.24, 2.45) is 5.92 Å². The molecule has 0 amide bonds. The van der Waals surface area contributed by atoms with Gasteiger partial charge in [0.15, 0.2) is 0 Å². The van der Waals surface area contributed by atoms with Gasteiger partial charge in [-0.05, 0) is 76.9 Å². The fourth-order valence-electron chi connectivity index (χ4n) is 4.74. The highest BCUT2D eigenvalue weighted by Crippen LogP contribution is 2.42. The first-order valence-corrected chi connectivity index (χ1v) is 12.3. The lowest BCUT2D eigenvalue weighted by atomic mass is 9.93. The van der Waals surface area contributed by atoms with Crippen molar-refractivity contribution in [3.63, 3.8) is 0 Å². The number of fused-ring (bicyclic) bond motifs is 3. The van der Waals surface area contributed by atoms with Gasteiger partial charge in [0.2, 0.25) is 0 Å². The number of thiophene rings is 1. The summed E-state index contributed by atoms with van der Waals surface area (Å²) in [7, 11) is 0. The summed E-state index contributed by atoms with van der Waals surface area (Å²) < 4.78 is 1.36. The number of benzene rings is 4. The Balaban J connectivity index is 1.44. The molecule has 33 heavy (non-hydrogen) atoms. The Labute approximate surface area is 199 Å². The Morgan fingerprint density at radius 3 is 2.09 bits per heavy atom. The van der Waals surface area contributed by atoms with Crippen molar-refractivity contribution in [1.82, 2.24) is 0 Å². The Morgan fingerprint density at radius 2 is 1.33 bits per heavy atom. The van der Waals surface area contributed by atoms with E-state index in [-0.39, 0.29) is 0 Å². The summed E-state index contributed by atoms with van der Waals surface area (Å²) >= 11 is 1.91. The van der Waals surface area contributed by atoms with E-state index in [9.17, 15) is 0 Å². The molecule has 0 bridgehead atoms. The molecular weight excluding hydrogens is 418 g/mol. The molecule has 0 N–H and O–H groups in total. The third-order valence-electron chi connectivity index (χ3n) is 6.42. The molecule has 1 nitrogen and oxygen atoms in total. The van der Waals surface area contributed by atoms with Gasteiger partial charge in [-0.3, -0.25) is 0 Å². The van der Waals surface area contributed by atoms with E-state index in [0.29, 0.717) is 5.92 Å². The number of anilines is 3. The van der Waals surface area contributed by atoms with Crippen molar-refractivity contribution >= 4 is 44.6 Å². The SMILES string of the molecule is CC1C=Cc2sc3cc(N(c4ccccc4)c4ccc(-c5ccccc5)cc4)ccc3c2C1. The molecule has 6 rings (SSSR count). The number of rotatable bonds is 4. The largest absolute Gasteiger partial charge is 0.310 e. The van der Waals surface area contributed by atoms with Gasteiger partial charge in [0.1, 0.15) is 0 Å². The summed E-state index contributed by atoms with van der Waals surface area (Å²) in [6.07, 6.45) is 5.78. The van der Waals surface area contributed by atoms with E-state index in [4.69, 9.17) is 0 Å². The quantitative estimate of drug-likeness (QED) is 0.267. The van der Waals surface area contributed by atoms with Crippen LogP contribution in [0.2, 0.25) is 0 Å². The maximum absolute atomic E-state index is 2.36. The van der Waals surface area contributed by atoms with Crippen molar-refractivity contribution in [2.45, 2.75) is 13.3 Å². The fourth-order valence-corrected chi connectivity index (χ4v) is 5.92. The minimum absolute atomic E-state index is 0.610. The molecule has 1 aromatic heterocycles. The number of hydrogen-bond acceptors (Lipinski definition) is 2. The molecule has 1 atom stereocenters. The van der Waals surface area contributed by atoms with E-state index in [1.54, 1.807) is 0 Å². The Bertz CT molecular complexity index is 1430. The molecule has 0 spiro atoms. The average Bonchev–Trinajstić information content (AvgIpc) is 3.23. The lowest BCUT2D eigenvalue weighted by Crippen LogP contribution is -2.09. The highest BCUT2D eigenvalue weighted by Gasteiger charge is 2.18. The van der Waals surface area contributed by atoms with Gasteiger partial charge in [-0.15, -0.1) is 11.3 Å². The van der Waals surface area contributed by atoms with E-state index in [2.05, 4.69) is 127 Å². The van der Waals surface area contributed by atoms with Gasteiger partial charge in [-0.25, -0.2) is 0 Å². The van der Waals surface area contributed by atoms with Gasteiger partial charge >= 0.3 is 0 Å². The number of allylic oxidation sites excluding steroid dienone is 1. The van der Waals surface area contributed by atoms with Gasteiger partial charge in [-0.1, -0.05) is 79.7 Å². The standard InChI is InChI=1S/C31H25NS/c1-22-12-19-30-29(20-22)28-18-17-27(21-31(28)33-30)32(25-10-6-3-7-11-25)26-15-13-24(14-16-26)23-8-4-2-5-9-23/h2-19,21-22H,20H2,1H3. The lowest BCUT2D eigenvalue weighted by Gasteiger charge is -2.25.